The number of nitrogens with one attached hydrogen (secondary N) is 1. The summed E-state index contributed by atoms with van der Waals surface area (Å²) >= 11 is 1.65. The zero-order valence-electron chi connectivity index (χ0n) is 14.4. The lowest BCUT2D eigenvalue weighted by atomic mass is 10.2. The SMILES string of the molecule is CCCC1SCC(C(=O)Nc2ccc(C)cc2)N1C(=O)c1ccco1. The molecule has 1 aromatic carbocycles. The second-order valence-corrected chi connectivity index (χ2v) is 7.35. The number of thioether (sulfide) groups is 1. The summed E-state index contributed by atoms with van der Waals surface area (Å²) < 4.78 is 5.26. The van der Waals surface area contributed by atoms with Crippen LogP contribution >= 0.6 is 11.8 Å². The van der Waals surface area contributed by atoms with Gasteiger partial charge in [-0.05, 0) is 37.6 Å². The van der Waals surface area contributed by atoms with Crippen LogP contribution in [0.25, 0.3) is 0 Å². The zero-order valence-corrected chi connectivity index (χ0v) is 15.2. The van der Waals surface area contributed by atoms with Crippen LogP contribution in [-0.4, -0.2) is 33.9 Å². The Hall–Kier alpha value is -2.21. The molecule has 1 fully saturated rings. The fraction of sp³-hybridized carbons (Fsp3) is 0.368. The van der Waals surface area contributed by atoms with E-state index in [2.05, 4.69) is 12.2 Å². The van der Waals surface area contributed by atoms with Crippen molar-refractivity contribution in [2.45, 2.75) is 38.1 Å². The summed E-state index contributed by atoms with van der Waals surface area (Å²) in [6.07, 6.45) is 3.28. The zero-order chi connectivity index (χ0) is 17.8. The van der Waals surface area contributed by atoms with Crippen molar-refractivity contribution in [1.29, 1.82) is 0 Å². The highest BCUT2D eigenvalue weighted by molar-refractivity contribution is 8.00. The van der Waals surface area contributed by atoms with E-state index in [4.69, 9.17) is 4.42 Å². The first-order valence-corrected chi connectivity index (χ1v) is 9.50. The van der Waals surface area contributed by atoms with Crippen molar-refractivity contribution < 1.29 is 14.0 Å². The second-order valence-electron chi connectivity index (χ2n) is 6.14. The molecule has 3 rings (SSSR count). The van der Waals surface area contributed by atoms with Crippen LogP contribution in [0.2, 0.25) is 0 Å². The van der Waals surface area contributed by atoms with Crippen LogP contribution in [0.15, 0.2) is 47.1 Å². The number of hydrogen-bond acceptors (Lipinski definition) is 4. The molecule has 0 bridgehead atoms. The Morgan fingerprint density at radius 3 is 2.68 bits per heavy atom. The van der Waals surface area contributed by atoms with Crippen LogP contribution in [0.5, 0.6) is 0 Å². The van der Waals surface area contributed by atoms with Gasteiger partial charge in [-0.3, -0.25) is 9.59 Å². The summed E-state index contributed by atoms with van der Waals surface area (Å²) in [5.41, 5.74) is 1.87. The molecule has 2 aromatic rings. The molecule has 5 nitrogen and oxygen atoms in total. The maximum absolute atomic E-state index is 12.8. The molecular formula is C19H22N2O3S. The lowest BCUT2D eigenvalue weighted by Gasteiger charge is -2.27. The minimum Gasteiger partial charge on any atom is -0.459 e. The highest BCUT2D eigenvalue weighted by Crippen LogP contribution is 2.34. The van der Waals surface area contributed by atoms with E-state index >= 15 is 0 Å². The first-order valence-electron chi connectivity index (χ1n) is 8.45. The van der Waals surface area contributed by atoms with Gasteiger partial charge in [0.2, 0.25) is 5.91 Å². The number of benzene rings is 1. The smallest absolute Gasteiger partial charge is 0.291 e. The summed E-state index contributed by atoms with van der Waals surface area (Å²) in [7, 11) is 0. The first-order chi connectivity index (χ1) is 12.1. The molecule has 2 unspecified atom stereocenters. The molecule has 6 heteroatoms. The van der Waals surface area contributed by atoms with E-state index in [-0.39, 0.29) is 22.9 Å². The van der Waals surface area contributed by atoms with Crippen LogP contribution in [0.3, 0.4) is 0 Å². The van der Waals surface area contributed by atoms with Crippen LogP contribution in [0.1, 0.15) is 35.9 Å². The number of nitrogens with zero attached hydrogens (tertiary/aromatic N) is 1. The van der Waals surface area contributed by atoms with E-state index < -0.39 is 6.04 Å². The third-order valence-electron chi connectivity index (χ3n) is 4.22. The fourth-order valence-electron chi connectivity index (χ4n) is 2.90. The van der Waals surface area contributed by atoms with E-state index in [0.29, 0.717) is 5.75 Å². The largest absolute Gasteiger partial charge is 0.459 e. The summed E-state index contributed by atoms with van der Waals surface area (Å²) in [4.78, 5) is 27.3. The minimum atomic E-state index is -0.500. The van der Waals surface area contributed by atoms with Crippen LogP contribution in [0.4, 0.5) is 5.69 Å². The average molecular weight is 358 g/mol. The molecule has 1 aliphatic heterocycles. The van der Waals surface area contributed by atoms with Crippen molar-refractivity contribution >= 4 is 29.3 Å². The monoisotopic (exact) mass is 358 g/mol. The van der Waals surface area contributed by atoms with Crippen molar-refractivity contribution in [2.24, 2.45) is 0 Å². The molecule has 1 aromatic heterocycles. The summed E-state index contributed by atoms with van der Waals surface area (Å²) in [5.74, 6) is 0.485. The van der Waals surface area contributed by atoms with Gasteiger partial charge in [-0.25, -0.2) is 0 Å². The van der Waals surface area contributed by atoms with Gasteiger partial charge in [-0.15, -0.1) is 11.8 Å². The van der Waals surface area contributed by atoms with Crippen LogP contribution in [0, 0.1) is 6.92 Å². The Morgan fingerprint density at radius 2 is 2.04 bits per heavy atom. The highest BCUT2D eigenvalue weighted by atomic mass is 32.2. The summed E-state index contributed by atoms with van der Waals surface area (Å²) in [5, 5.41) is 2.92. The highest BCUT2D eigenvalue weighted by Gasteiger charge is 2.42. The van der Waals surface area contributed by atoms with E-state index in [1.54, 1.807) is 28.8 Å². The number of anilines is 1. The lowest BCUT2D eigenvalue weighted by molar-refractivity contribution is -0.119. The minimum absolute atomic E-state index is 0.00336. The molecule has 1 saturated heterocycles. The predicted molar refractivity (Wildman–Crippen MR) is 99.6 cm³/mol. The molecule has 2 amide bonds. The van der Waals surface area contributed by atoms with Gasteiger partial charge in [0, 0.05) is 11.4 Å². The molecule has 0 aliphatic carbocycles. The number of aryl methyl sites for hydroxylation is 1. The summed E-state index contributed by atoms with van der Waals surface area (Å²) in [6.45, 7) is 4.08. The van der Waals surface area contributed by atoms with Crippen LogP contribution < -0.4 is 5.32 Å². The number of hydrogen-bond donors (Lipinski definition) is 1. The fourth-order valence-corrected chi connectivity index (χ4v) is 4.42. The molecule has 1 N–H and O–H groups in total. The van der Waals surface area contributed by atoms with Crippen molar-refractivity contribution in [1.82, 2.24) is 4.90 Å². The van der Waals surface area contributed by atoms with E-state index in [0.717, 1.165) is 24.1 Å². The van der Waals surface area contributed by atoms with Gasteiger partial charge in [0.1, 0.15) is 6.04 Å². The number of carbonyl (C=O) groups excluding carboxylic acids is 2. The van der Waals surface area contributed by atoms with E-state index in [9.17, 15) is 9.59 Å². The number of rotatable bonds is 5. The Labute approximate surface area is 151 Å². The standard InChI is InChI=1S/C19H22N2O3S/c1-3-5-17-21(19(23)16-6-4-11-24-16)15(12-25-17)18(22)20-14-9-7-13(2)8-10-14/h4,6-11,15,17H,3,5,12H2,1-2H3,(H,20,22). The van der Waals surface area contributed by atoms with Crippen molar-refractivity contribution in [3.63, 3.8) is 0 Å². The molecule has 132 valence electrons. The molecule has 0 spiro atoms. The maximum Gasteiger partial charge on any atom is 0.291 e. The average Bonchev–Trinajstić information content (AvgIpc) is 3.26. The maximum atomic E-state index is 12.8. The molecule has 25 heavy (non-hydrogen) atoms. The number of amides is 2. The van der Waals surface area contributed by atoms with Gasteiger partial charge < -0.3 is 14.6 Å². The molecule has 0 saturated carbocycles. The molecular weight excluding hydrogens is 336 g/mol. The molecule has 0 radical (unpaired) electrons. The van der Waals surface area contributed by atoms with Gasteiger partial charge in [-0.1, -0.05) is 31.0 Å². The molecule has 2 atom stereocenters. The summed E-state index contributed by atoms with van der Waals surface area (Å²) in [6, 6.07) is 10.5. The van der Waals surface area contributed by atoms with Gasteiger partial charge in [0.15, 0.2) is 5.76 Å². The quantitative estimate of drug-likeness (QED) is 0.880. The van der Waals surface area contributed by atoms with Gasteiger partial charge in [-0.2, -0.15) is 0 Å². The van der Waals surface area contributed by atoms with Crippen molar-refractivity contribution in [2.75, 3.05) is 11.1 Å². The number of carbonyl (C=O) groups is 2. The van der Waals surface area contributed by atoms with Gasteiger partial charge in [0.25, 0.3) is 5.91 Å². The number of furan rings is 1. The predicted octanol–water partition coefficient (Wildman–Crippen LogP) is 3.91. The van der Waals surface area contributed by atoms with E-state index in [1.165, 1.54) is 6.26 Å². The third kappa shape index (κ3) is 3.90. The third-order valence-corrected chi connectivity index (χ3v) is 5.57. The lowest BCUT2D eigenvalue weighted by Crippen LogP contribution is -2.47. The Morgan fingerprint density at radius 1 is 1.28 bits per heavy atom. The second kappa shape index (κ2) is 7.78. The first kappa shape index (κ1) is 17.6. The van der Waals surface area contributed by atoms with Crippen LogP contribution in [-0.2, 0) is 4.79 Å². The molecule has 1 aliphatic rings. The normalized spacial score (nSPS) is 19.8. The molecule has 2 heterocycles. The Bertz CT molecular complexity index is 728. The van der Waals surface area contributed by atoms with E-state index in [1.807, 2.05) is 31.2 Å². The topological polar surface area (TPSA) is 62.6 Å². The van der Waals surface area contributed by atoms with Crippen molar-refractivity contribution in [3.8, 4) is 0 Å². The van der Waals surface area contributed by atoms with Gasteiger partial charge in [0.05, 0.1) is 11.6 Å². The Kier molecular flexibility index (Phi) is 5.48. The van der Waals surface area contributed by atoms with Crippen molar-refractivity contribution in [3.05, 3.63) is 54.0 Å². The Balaban J connectivity index is 1.79. The van der Waals surface area contributed by atoms with Gasteiger partial charge >= 0.3 is 0 Å².